The number of rotatable bonds is 4. The second kappa shape index (κ2) is 10.8. The van der Waals surface area contributed by atoms with Gasteiger partial charge in [-0.3, -0.25) is 10.1 Å². The highest BCUT2D eigenvalue weighted by molar-refractivity contribution is 5.93. The van der Waals surface area contributed by atoms with Crippen LogP contribution < -0.4 is 5.32 Å². The van der Waals surface area contributed by atoms with Crippen molar-refractivity contribution in [3.8, 4) is 17.5 Å². The van der Waals surface area contributed by atoms with E-state index in [0.29, 0.717) is 31.3 Å². The van der Waals surface area contributed by atoms with Gasteiger partial charge in [-0.15, -0.1) is 0 Å². The maximum absolute atomic E-state index is 13.6. The van der Waals surface area contributed by atoms with E-state index in [1.165, 1.54) is 0 Å². The highest BCUT2D eigenvalue weighted by Gasteiger charge is 2.35. The fourth-order valence-corrected chi connectivity index (χ4v) is 4.47. The lowest BCUT2D eigenvalue weighted by molar-refractivity contribution is 0.0507. The molecule has 37 heavy (non-hydrogen) atoms. The highest BCUT2D eigenvalue weighted by atomic mass is 16.5. The molecule has 0 bridgehead atoms. The molecule has 0 aliphatic carbocycles. The zero-order valence-electron chi connectivity index (χ0n) is 20.4. The number of hydrogen-bond donors (Lipinski definition) is 1. The summed E-state index contributed by atoms with van der Waals surface area (Å²) in [4.78, 5) is 22.2. The number of carbonyl (C=O) groups is 1. The van der Waals surface area contributed by atoms with E-state index >= 15 is 0 Å². The van der Waals surface area contributed by atoms with Gasteiger partial charge in [-0.2, -0.15) is 5.26 Å². The summed E-state index contributed by atoms with van der Waals surface area (Å²) in [6.45, 7) is 3.34. The second-order valence-corrected chi connectivity index (χ2v) is 8.77. The maximum Gasteiger partial charge on any atom is 0.293 e. The van der Waals surface area contributed by atoms with Crippen LogP contribution in [0.1, 0.15) is 27.7 Å². The standard InChI is InChI=1S/C29H26N6O2/c1-21-10-8-9-15-24(21)32-29(31-20-30)34-16-17-35(26(19-34)23-13-6-3-7-14-23)28(36)27-18-25(33-37-27)22-11-4-2-5-12-22/h2-15,18,26H,16-17,19H2,1H3,(H,31,32). The predicted octanol–water partition coefficient (Wildman–Crippen LogP) is 4.91. The van der Waals surface area contributed by atoms with Crippen LogP contribution in [-0.2, 0) is 0 Å². The second-order valence-electron chi connectivity index (χ2n) is 8.77. The van der Waals surface area contributed by atoms with Crippen molar-refractivity contribution in [3.05, 3.63) is 108 Å². The number of hydrogen-bond acceptors (Lipinski definition) is 5. The van der Waals surface area contributed by atoms with Gasteiger partial charge in [-0.05, 0) is 24.1 Å². The van der Waals surface area contributed by atoms with Crippen molar-refractivity contribution in [3.63, 3.8) is 0 Å². The Morgan fingerprint density at radius 1 is 1.03 bits per heavy atom. The van der Waals surface area contributed by atoms with Gasteiger partial charge >= 0.3 is 0 Å². The number of nitrogens with zero attached hydrogens (tertiary/aromatic N) is 5. The number of piperazine rings is 1. The first kappa shape index (κ1) is 23.8. The van der Waals surface area contributed by atoms with E-state index in [-0.39, 0.29) is 17.7 Å². The Kier molecular flexibility index (Phi) is 6.95. The van der Waals surface area contributed by atoms with Crippen molar-refractivity contribution in [2.75, 3.05) is 19.6 Å². The molecule has 1 amide bonds. The van der Waals surface area contributed by atoms with Gasteiger partial charge in [0.2, 0.25) is 11.7 Å². The lowest BCUT2D eigenvalue weighted by Gasteiger charge is -2.42. The average molecular weight is 491 g/mol. The quantitative estimate of drug-likeness (QED) is 0.189. The molecule has 1 N–H and O–H groups in total. The van der Waals surface area contributed by atoms with Gasteiger partial charge in [0, 0.05) is 31.3 Å². The molecule has 3 aromatic carbocycles. The molecule has 1 aliphatic rings. The zero-order chi connectivity index (χ0) is 25.6. The third-order valence-electron chi connectivity index (χ3n) is 6.43. The molecule has 0 radical (unpaired) electrons. The minimum Gasteiger partial charge on any atom is -0.350 e. The van der Waals surface area contributed by atoms with E-state index in [9.17, 15) is 10.1 Å². The molecule has 2 heterocycles. The van der Waals surface area contributed by atoms with E-state index in [4.69, 9.17) is 9.52 Å². The number of benzene rings is 3. The number of nitrogens with one attached hydrogen (secondary N) is 1. The van der Waals surface area contributed by atoms with E-state index < -0.39 is 0 Å². The summed E-state index contributed by atoms with van der Waals surface area (Å²) >= 11 is 0. The molecule has 1 aromatic heterocycles. The van der Waals surface area contributed by atoms with Crippen LogP contribution in [0.4, 0.5) is 5.69 Å². The fourth-order valence-electron chi connectivity index (χ4n) is 4.47. The summed E-state index contributed by atoms with van der Waals surface area (Å²) in [7, 11) is 0. The molecule has 1 atom stereocenters. The summed E-state index contributed by atoms with van der Waals surface area (Å²) in [5.41, 5.74) is 4.27. The van der Waals surface area contributed by atoms with Crippen LogP contribution in [0.2, 0.25) is 0 Å². The van der Waals surface area contributed by atoms with Crippen LogP contribution in [0.3, 0.4) is 0 Å². The van der Waals surface area contributed by atoms with E-state index in [1.807, 2.05) is 103 Å². The number of nitriles is 1. The van der Waals surface area contributed by atoms with Gasteiger partial charge < -0.3 is 14.3 Å². The lowest BCUT2D eigenvalue weighted by atomic mass is 10.0. The van der Waals surface area contributed by atoms with Crippen LogP contribution in [0.15, 0.2) is 101 Å². The van der Waals surface area contributed by atoms with Crippen molar-refractivity contribution in [1.29, 1.82) is 5.26 Å². The monoisotopic (exact) mass is 490 g/mol. The van der Waals surface area contributed by atoms with Gasteiger partial charge in [0.05, 0.1) is 11.7 Å². The Morgan fingerprint density at radius 3 is 2.46 bits per heavy atom. The fraction of sp³-hybridized carbons (Fsp3) is 0.172. The number of guanidine groups is 1. The largest absolute Gasteiger partial charge is 0.350 e. The van der Waals surface area contributed by atoms with Crippen LogP contribution in [0.25, 0.3) is 11.3 Å². The van der Waals surface area contributed by atoms with Crippen molar-refractivity contribution >= 4 is 17.6 Å². The first-order valence-corrected chi connectivity index (χ1v) is 12.1. The van der Waals surface area contributed by atoms with Crippen molar-refractivity contribution in [1.82, 2.24) is 20.3 Å². The van der Waals surface area contributed by atoms with Gasteiger partial charge in [-0.1, -0.05) is 84.0 Å². The molecule has 1 fully saturated rings. The van der Waals surface area contributed by atoms with Crippen LogP contribution in [0, 0.1) is 18.4 Å². The van der Waals surface area contributed by atoms with Gasteiger partial charge in [0.25, 0.3) is 5.91 Å². The number of para-hydroxylation sites is 1. The molecule has 1 unspecified atom stereocenters. The van der Waals surface area contributed by atoms with Crippen molar-refractivity contribution in [2.24, 2.45) is 4.99 Å². The molecule has 1 aliphatic heterocycles. The number of aromatic nitrogens is 1. The third-order valence-corrected chi connectivity index (χ3v) is 6.43. The number of aryl methyl sites for hydroxylation is 1. The van der Waals surface area contributed by atoms with E-state index in [1.54, 1.807) is 11.0 Å². The van der Waals surface area contributed by atoms with Crippen molar-refractivity contribution < 1.29 is 9.32 Å². The van der Waals surface area contributed by atoms with Crippen LogP contribution >= 0.6 is 0 Å². The lowest BCUT2D eigenvalue weighted by Crippen LogP contribution is -2.54. The number of amides is 1. The molecular formula is C29H26N6O2. The van der Waals surface area contributed by atoms with E-state index in [0.717, 1.165) is 22.4 Å². The summed E-state index contributed by atoms with van der Waals surface area (Å²) in [6, 6.07) is 28.6. The molecule has 4 aromatic rings. The smallest absolute Gasteiger partial charge is 0.293 e. The first-order valence-electron chi connectivity index (χ1n) is 12.1. The topological polar surface area (TPSA) is 97.8 Å². The molecular weight excluding hydrogens is 464 g/mol. The molecule has 5 rings (SSSR count). The summed E-state index contributed by atoms with van der Waals surface area (Å²) in [5.74, 6) is 0.418. The Hall–Kier alpha value is -4.90. The molecule has 8 nitrogen and oxygen atoms in total. The Morgan fingerprint density at radius 2 is 1.73 bits per heavy atom. The molecule has 184 valence electrons. The average Bonchev–Trinajstić information content (AvgIpc) is 3.45. The predicted molar refractivity (Wildman–Crippen MR) is 141 cm³/mol. The van der Waals surface area contributed by atoms with Crippen molar-refractivity contribution in [2.45, 2.75) is 13.0 Å². The number of carbonyl (C=O) groups excluding carboxylic acids is 1. The highest BCUT2D eigenvalue weighted by Crippen LogP contribution is 2.29. The minimum absolute atomic E-state index is 0.192. The normalized spacial score (nSPS) is 15.8. The van der Waals surface area contributed by atoms with Gasteiger partial charge in [-0.25, -0.2) is 4.99 Å². The Labute approximate surface area is 215 Å². The zero-order valence-corrected chi connectivity index (χ0v) is 20.4. The van der Waals surface area contributed by atoms with Gasteiger partial charge in [0.15, 0.2) is 6.19 Å². The molecule has 0 spiro atoms. The van der Waals surface area contributed by atoms with Crippen LogP contribution in [-0.4, -0.2) is 46.5 Å². The summed E-state index contributed by atoms with van der Waals surface area (Å²) in [5, 5.41) is 16.3. The Bertz CT molecular complexity index is 1440. The summed E-state index contributed by atoms with van der Waals surface area (Å²) < 4.78 is 5.49. The first-order chi connectivity index (χ1) is 18.1. The number of aliphatic imine (C=N–C) groups is 1. The molecule has 0 saturated carbocycles. The maximum atomic E-state index is 13.6. The van der Waals surface area contributed by atoms with Gasteiger partial charge in [0.1, 0.15) is 5.69 Å². The van der Waals surface area contributed by atoms with Crippen LogP contribution in [0.5, 0.6) is 0 Å². The Balaban J connectivity index is 1.44. The summed E-state index contributed by atoms with van der Waals surface area (Å²) in [6.07, 6.45) is 2.01. The van der Waals surface area contributed by atoms with E-state index in [2.05, 4.69) is 10.5 Å². The third kappa shape index (κ3) is 5.21. The molecule has 1 saturated heterocycles. The molecule has 8 heteroatoms. The minimum atomic E-state index is -0.282. The SMILES string of the molecule is Cc1ccccc1N=C(NC#N)N1CCN(C(=O)c2cc(-c3ccccc3)no2)C(c2ccccc2)C1.